The van der Waals surface area contributed by atoms with E-state index in [9.17, 15) is 18.0 Å². The Bertz CT molecular complexity index is 1400. The molecular weight excluding hydrogens is 569 g/mol. The van der Waals surface area contributed by atoms with Gasteiger partial charge in [0.2, 0.25) is 21.8 Å². The Hall–Kier alpha value is -3.07. The molecule has 1 atom stereocenters. The molecule has 0 aliphatic heterocycles. The van der Waals surface area contributed by atoms with Crippen LogP contribution >= 0.6 is 23.2 Å². The van der Waals surface area contributed by atoms with Crippen molar-refractivity contribution in [3.05, 3.63) is 99.5 Å². The molecule has 0 aliphatic carbocycles. The summed E-state index contributed by atoms with van der Waals surface area (Å²) in [5, 5.41) is 3.90. The van der Waals surface area contributed by atoms with Crippen molar-refractivity contribution in [3.8, 4) is 0 Å². The summed E-state index contributed by atoms with van der Waals surface area (Å²) < 4.78 is 26.6. The fourth-order valence-electron chi connectivity index (χ4n) is 4.48. The Morgan fingerprint density at radius 2 is 1.60 bits per heavy atom. The first-order valence-electron chi connectivity index (χ1n) is 13.1. The average molecular weight is 605 g/mol. The number of likely N-dealkylation sites (N-methyl/N-ethyl adjacent to an activating group) is 1. The number of sulfonamides is 1. The molecule has 214 valence electrons. The van der Waals surface area contributed by atoms with Gasteiger partial charge in [0.05, 0.1) is 11.9 Å². The Labute approximate surface area is 247 Å². The molecule has 1 N–H and O–H groups in total. The molecule has 10 heteroatoms. The highest BCUT2D eigenvalue weighted by molar-refractivity contribution is 7.92. The number of nitrogens with zero attached hydrogens (tertiary/aromatic N) is 2. The van der Waals surface area contributed by atoms with Crippen LogP contribution in [0.5, 0.6) is 0 Å². The van der Waals surface area contributed by atoms with E-state index in [-0.39, 0.29) is 37.7 Å². The van der Waals surface area contributed by atoms with Gasteiger partial charge in [-0.1, -0.05) is 71.7 Å². The van der Waals surface area contributed by atoms with Gasteiger partial charge in [0.25, 0.3) is 0 Å². The molecular formula is C30H35Cl2N3O4S. The summed E-state index contributed by atoms with van der Waals surface area (Å²) in [5.41, 5.74) is 2.87. The Kier molecular flexibility index (Phi) is 11.4. The van der Waals surface area contributed by atoms with Gasteiger partial charge in [-0.15, -0.1) is 0 Å². The lowest BCUT2D eigenvalue weighted by molar-refractivity contribution is -0.141. The predicted molar refractivity (Wildman–Crippen MR) is 162 cm³/mol. The summed E-state index contributed by atoms with van der Waals surface area (Å²) >= 11 is 12.3. The number of hydrogen-bond donors (Lipinski definition) is 1. The minimum atomic E-state index is -3.63. The lowest BCUT2D eigenvalue weighted by Gasteiger charge is -2.32. The van der Waals surface area contributed by atoms with E-state index >= 15 is 0 Å². The Morgan fingerprint density at radius 3 is 2.23 bits per heavy atom. The normalized spacial score (nSPS) is 12.0. The first-order chi connectivity index (χ1) is 19.0. The van der Waals surface area contributed by atoms with Gasteiger partial charge < -0.3 is 10.2 Å². The molecule has 0 fully saturated rings. The summed E-state index contributed by atoms with van der Waals surface area (Å²) in [6.07, 6.45) is 1.77. The van der Waals surface area contributed by atoms with E-state index < -0.39 is 16.1 Å². The van der Waals surface area contributed by atoms with Crippen molar-refractivity contribution in [2.45, 2.75) is 45.7 Å². The fraction of sp³-hybridized carbons (Fsp3) is 0.333. The van der Waals surface area contributed by atoms with Crippen LogP contribution in [0.25, 0.3) is 0 Å². The highest BCUT2D eigenvalue weighted by Crippen LogP contribution is 2.28. The molecule has 3 rings (SSSR count). The number of carbonyl (C=O) groups excluding carboxylic acids is 2. The summed E-state index contributed by atoms with van der Waals surface area (Å²) in [4.78, 5) is 28.6. The van der Waals surface area contributed by atoms with Crippen LogP contribution in [0.3, 0.4) is 0 Å². The lowest BCUT2D eigenvalue weighted by Crippen LogP contribution is -2.50. The van der Waals surface area contributed by atoms with Crippen LogP contribution in [0.2, 0.25) is 10.0 Å². The van der Waals surface area contributed by atoms with E-state index in [0.717, 1.165) is 17.4 Å². The number of anilines is 1. The third-order valence-electron chi connectivity index (χ3n) is 6.55. The SMILES string of the molecule is CCNC(=O)C(Cc1ccccc1)N(Cc1ccc(Cl)cc1)C(=O)CCCN(c1cccc(Cl)c1C)S(C)(=O)=O. The van der Waals surface area contributed by atoms with Gasteiger partial charge in [-0.25, -0.2) is 8.42 Å². The zero-order valence-electron chi connectivity index (χ0n) is 22.9. The van der Waals surface area contributed by atoms with Crippen molar-refractivity contribution in [3.63, 3.8) is 0 Å². The van der Waals surface area contributed by atoms with Crippen molar-refractivity contribution in [2.75, 3.05) is 23.7 Å². The van der Waals surface area contributed by atoms with E-state index in [1.807, 2.05) is 49.4 Å². The van der Waals surface area contributed by atoms with Gasteiger partial charge in [0, 0.05) is 42.5 Å². The van der Waals surface area contributed by atoms with E-state index in [0.29, 0.717) is 34.3 Å². The van der Waals surface area contributed by atoms with Crippen molar-refractivity contribution < 1.29 is 18.0 Å². The number of rotatable bonds is 13. The van der Waals surface area contributed by atoms with E-state index in [4.69, 9.17) is 23.2 Å². The molecule has 0 aliphatic rings. The fourth-order valence-corrected chi connectivity index (χ4v) is 5.79. The molecule has 0 radical (unpaired) electrons. The first-order valence-corrected chi connectivity index (χ1v) is 15.7. The van der Waals surface area contributed by atoms with Gasteiger partial charge in [-0.3, -0.25) is 13.9 Å². The van der Waals surface area contributed by atoms with Gasteiger partial charge >= 0.3 is 0 Å². The molecule has 0 aromatic heterocycles. The number of hydrogen-bond acceptors (Lipinski definition) is 4. The molecule has 0 bridgehead atoms. The highest BCUT2D eigenvalue weighted by Gasteiger charge is 2.30. The van der Waals surface area contributed by atoms with Crippen molar-refractivity contribution in [1.82, 2.24) is 10.2 Å². The van der Waals surface area contributed by atoms with Crippen LogP contribution in [0.1, 0.15) is 36.5 Å². The molecule has 3 aromatic carbocycles. The standard InChI is InChI=1S/C30H35Cl2N3O4S/c1-4-33-30(37)28(20-23-10-6-5-7-11-23)34(21-24-15-17-25(31)18-16-24)29(36)14-9-19-35(40(3,38)39)27-13-8-12-26(32)22(27)2/h5-8,10-13,15-18,28H,4,9,14,19-21H2,1-3H3,(H,33,37). The summed E-state index contributed by atoms with van der Waals surface area (Å²) in [5.74, 6) is -0.501. The molecule has 40 heavy (non-hydrogen) atoms. The lowest BCUT2D eigenvalue weighted by atomic mass is 10.0. The zero-order chi connectivity index (χ0) is 29.3. The molecule has 0 spiro atoms. The first kappa shape index (κ1) is 31.5. The van der Waals surface area contributed by atoms with E-state index in [1.54, 1.807) is 42.2 Å². The quantitative estimate of drug-likeness (QED) is 0.274. The molecule has 0 heterocycles. The average Bonchev–Trinajstić information content (AvgIpc) is 2.91. The minimum Gasteiger partial charge on any atom is -0.355 e. The van der Waals surface area contributed by atoms with Gasteiger partial charge in [0.1, 0.15) is 6.04 Å². The number of halogens is 2. The van der Waals surface area contributed by atoms with Crippen LogP contribution in [-0.4, -0.2) is 50.5 Å². The summed E-state index contributed by atoms with van der Waals surface area (Å²) in [6.45, 7) is 4.31. The van der Waals surface area contributed by atoms with Crippen LogP contribution in [-0.2, 0) is 32.6 Å². The molecule has 7 nitrogen and oxygen atoms in total. The second-order valence-corrected chi connectivity index (χ2v) is 12.3. The Balaban J connectivity index is 1.87. The van der Waals surface area contributed by atoms with Gasteiger partial charge in [-0.05, 0) is 61.2 Å². The number of benzene rings is 3. The minimum absolute atomic E-state index is 0.0456. The van der Waals surface area contributed by atoms with Crippen LogP contribution in [0.15, 0.2) is 72.8 Å². The largest absolute Gasteiger partial charge is 0.355 e. The topological polar surface area (TPSA) is 86.8 Å². The van der Waals surface area contributed by atoms with Crippen molar-refractivity contribution in [1.29, 1.82) is 0 Å². The number of amides is 2. The molecule has 0 saturated carbocycles. The zero-order valence-corrected chi connectivity index (χ0v) is 25.3. The maximum Gasteiger partial charge on any atom is 0.243 e. The van der Waals surface area contributed by atoms with Gasteiger partial charge in [0.15, 0.2) is 0 Å². The van der Waals surface area contributed by atoms with E-state index in [2.05, 4.69) is 5.32 Å². The molecule has 3 aromatic rings. The predicted octanol–water partition coefficient (Wildman–Crippen LogP) is 5.62. The number of carbonyl (C=O) groups is 2. The highest BCUT2D eigenvalue weighted by atomic mass is 35.5. The summed E-state index contributed by atoms with van der Waals surface area (Å²) in [7, 11) is -3.63. The summed E-state index contributed by atoms with van der Waals surface area (Å²) in [6, 6.07) is 21.0. The third-order valence-corrected chi connectivity index (χ3v) is 8.39. The van der Waals surface area contributed by atoms with Gasteiger partial charge in [-0.2, -0.15) is 0 Å². The smallest absolute Gasteiger partial charge is 0.243 e. The van der Waals surface area contributed by atoms with E-state index in [1.165, 1.54) is 4.31 Å². The second kappa shape index (κ2) is 14.5. The van der Waals surface area contributed by atoms with Crippen molar-refractivity contribution >= 4 is 50.7 Å². The maximum atomic E-state index is 13.8. The molecule has 1 unspecified atom stereocenters. The monoisotopic (exact) mass is 603 g/mol. The molecule has 0 saturated heterocycles. The molecule has 2 amide bonds. The Morgan fingerprint density at radius 1 is 0.925 bits per heavy atom. The maximum absolute atomic E-state index is 13.8. The second-order valence-electron chi connectivity index (χ2n) is 9.57. The third kappa shape index (κ3) is 8.71. The van der Waals surface area contributed by atoms with Crippen molar-refractivity contribution in [2.24, 2.45) is 0 Å². The van der Waals surface area contributed by atoms with Crippen LogP contribution in [0, 0.1) is 6.92 Å². The van der Waals surface area contributed by atoms with Crippen LogP contribution in [0.4, 0.5) is 5.69 Å². The number of nitrogens with one attached hydrogen (secondary N) is 1. The van der Waals surface area contributed by atoms with Crippen LogP contribution < -0.4 is 9.62 Å².